The molecular formula is C29H27BClFN8. The van der Waals surface area contributed by atoms with E-state index in [4.69, 9.17) is 11.6 Å². The van der Waals surface area contributed by atoms with Gasteiger partial charge < -0.3 is 10.6 Å². The standard InChI is InChI=1S/C29H27BClFN8/c1-28(2,3)17-36-26-18(13-33)14-35-27-23(26)11-21(12-24(27)31)37-29(30,19-6-8-20(32)9-7-19)25-16-40(39-38-25)22-5-4-10-34-15-22/h4-12,14-16,37H,17,30H2,1-3H3,(H,35,36). The van der Waals surface area contributed by atoms with Crippen LogP contribution in [0, 0.1) is 22.6 Å². The molecule has 3 aromatic heterocycles. The van der Waals surface area contributed by atoms with E-state index >= 15 is 0 Å². The normalized spacial score (nSPS) is 13.0. The van der Waals surface area contributed by atoms with Gasteiger partial charge in [0.15, 0.2) is 0 Å². The summed E-state index contributed by atoms with van der Waals surface area (Å²) in [5.74, 6) is -0.344. The molecule has 0 aliphatic carbocycles. The maximum atomic E-state index is 13.9. The maximum absolute atomic E-state index is 13.9. The molecule has 0 radical (unpaired) electrons. The Morgan fingerprint density at radius 3 is 2.58 bits per heavy atom. The summed E-state index contributed by atoms with van der Waals surface area (Å²) in [6.45, 7) is 6.98. The Morgan fingerprint density at radius 2 is 1.90 bits per heavy atom. The second kappa shape index (κ2) is 10.6. The molecule has 2 aromatic carbocycles. The second-order valence-corrected chi connectivity index (χ2v) is 11.4. The van der Waals surface area contributed by atoms with Gasteiger partial charge in [-0.25, -0.2) is 9.07 Å². The predicted molar refractivity (Wildman–Crippen MR) is 158 cm³/mol. The number of aromatic nitrogens is 5. The lowest BCUT2D eigenvalue weighted by molar-refractivity contribution is 0.443. The van der Waals surface area contributed by atoms with Gasteiger partial charge in [0.2, 0.25) is 0 Å². The molecule has 200 valence electrons. The first-order valence-corrected chi connectivity index (χ1v) is 13.1. The van der Waals surface area contributed by atoms with E-state index in [2.05, 4.69) is 57.8 Å². The van der Waals surface area contributed by atoms with Crippen molar-refractivity contribution in [3.8, 4) is 11.8 Å². The van der Waals surface area contributed by atoms with Crippen LogP contribution in [0.1, 0.15) is 37.6 Å². The molecule has 1 unspecified atom stereocenters. The van der Waals surface area contributed by atoms with E-state index in [9.17, 15) is 9.65 Å². The van der Waals surface area contributed by atoms with Crippen LogP contribution >= 0.6 is 11.6 Å². The number of fused-ring (bicyclic) bond motifs is 1. The van der Waals surface area contributed by atoms with Crippen LogP contribution in [-0.4, -0.2) is 39.4 Å². The fourth-order valence-electron chi connectivity index (χ4n) is 4.42. The minimum absolute atomic E-state index is 0.0246. The van der Waals surface area contributed by atoms with Crippen LogP contribution in [0.2, 0.25) is 5.02 Å². The number of nitriles is 1. The van der Waals surface area contributed by atoms with Gasteiger partial charge in [0.05, 0.1) is 45.3 Å². The van der Waals surface area contributed by atoms with Crippen molar-refractivity contribution in [2.45, 2.75) is 26.2 Å². The second-order valence-electron chi connectivity index (χ2n) is 10.9. The Morgan fingerprint density at radius 1 is 1.12 bits per heavy atom. The van der Waals surface area contributed by atoms with Gasteiger partial charge in [0.25, 0.3) is 0 Å². The number of nitrogens with one attached hydrogen (secondary N) is 2. The molecule has 1 atom stereocenters. The number of hydrogen-bond acceptors (Lipinski definition) is 7. The van der Waals surface area contributed by atoms with Gasteiger partial charge in [-0.05, 0) is 47.4 Å². The maximum Gasteiger partial charge on any atom is 0.148 e. The molecule has 0 aliphatic rings. The van der Waals surface area contributed by atoms with Gasteiger partial charge in [-0.3, -0.25) is 9.97 Å². The third kappa shape index (κ3) is 5.47. The number of anilines is 2. The average Bonchev–Trinajstić information content (AvgIpc) is 3.43. The molecule has 0 saturated heterocycles. The Labute approximate surface area is 237 Å². The van der Waals surface area contributed by atoms with Crippen LogP contribution in [0.25, 0.3) is 16.6 Å². The molecule has 0 amide bonds. The first-order valence-electron chi connectivity index (χ1n) is 12.7. The first-order chi connectivity index (χ1) is 19.1. The fourth-order valence-corrected chi connectivity index (χ4v) is 4.69. The Kier molecular flexibility index (Phi) is 7.17. The largest absolute Gasteiger partial charge is 0.383 e. The topological polar surface area (TPSA) is 104 Å². The minimum atomic E-state index is -0.940. The monoisotopic (exact) mass is 552 g/mol. The van der Waals surface area contributed by atoms with Crippen molar-refractivity contribution >= 4 is 41.7 Å². The van der Waals surface area contributed by atoms with Crippen molar-refractivity contribution in [1.29, 1.82) is 5.26 Å². The summed E-state index contributed by atoms with van der Waals surface area (Å²) in [4.78, 5) is 8.63. The van der Waals surface area contributed by atoms with Gasteiger partial charge in [-0.2, -0.15) is 5.26 Å². The van der Waals surface area contributed by atoms with Crippen LogP contribution < -0.4 is 10.6 Å². The minimum Gasteiger partial charge on any atom is -0.383 e. The Hall–Kier alpha value is -4.49. The summed E-state index contributed by atoms with van der Waals surface area (Å²) in [6, 6.07) is 15.9. The zero-order valence-corrected chi connectivity index (χ0v) is 23.3. The van der Waals surface area contributed by atoms with Crippen LogP contribution in [0.3, 0.4) is 0 Å². The molecule has 40 heavy (non-hydrogen) atoms. The van der Waals surface area contributed by atoms with E-state index in [1.807, 2.05) is 32.2 Å². The van der Waals surface area contributed by atoms with Crippen molar-refractivity contribution in [2.24, 2.45) is 5.41 Å². The van der Waals surface area contributed by atoms with Gasteiger partial charge in [-0.1, -0.05) is 49.7 Å². The molecule has 5 aromatic rings. The fraction of sp³-hybridized carbons (Fsp3) is 0.207. The molecule has 2 N–H and O–H groups in total. The number of hydrogen-bond donors (Lipinski definition) is 2. The third-order valence-electron chi connectivity index (χ3n) is 6.57. The highest BCUT2D eigenvalue weighted by molar-refractivity contribution is 6.36. The average molecular weight is 553 g/mol. The van der Waals surface area contributed by atoms with E-state index < -0.39 is 5.44 Å². The van der Waals surface area contributed by atoms with Crippen LogP contribution in [0.4, 0.5) is 15.8 Å². The molecule has 0 bridgehead atoms. The van der Waals surface area contributed by atoms with Crippen molar-refractivity contribution in [3.63, 3.8) is 0 Å². The number of halogens is 2. The van der Waals surface area contributed by atoms with Crippen molar-refractivity contribution < 1.29 is 4.39 Å². The SMILES string of the molecule is BC(Nc1cc(Cl)c2ncc(C#N)c(NCC(C)(C)C)c2c1)(c1ccc(F)cc1)c1cn(-c2cccnc2)nn1. The van der Waals surface area contributed by atoms with E-state index in [0.717, 1.165) is 11.3 Å². The molecule has 0 aliphatic heterocycles. The zero-order valence-electron chi connectivity index (χ0n) is 22.6. The number of rotatable bonds is 7. The number of pyridine rings is 2. The molecule has 0 spiro atoms. The van der Waals surface area contributed by atoms with Crippen LogP contribution in [0.5, 0.6) is 0 Å². The smallest absolute Gasteiger partial charge is 0.148 e. The highest BCUT2D eigenvalue weighted by atomic mass is 35.5. The lowest BCUT2D eigenvalue weighted by atomic mass is 9.69. The predicted octanol–water partition coefficient (Wildman–Crippen LogP) is 5.28. The Balaban J connectivity index is 1.63. The molecule has 3 heterocycles. The summed E-state index contributed by atoms with van der Waals surface area (Å²) < 4.78 is 15.5. The summed E-state index contributed by atoms with van der Waals surface area (Å²) in [5.41, 5.74) is 3.47. The molecule has 8 nitrogen and oxygen atoms in total. The Bertz CT molecular complexity index is 1710. The van der Waals surface area contributed by atoms with Gasteiger partial charge in [-0.15, -0.1) is 5.10 Å². The molecule has 0 saturated carbocycles. The quantitative estimate of drug-likeness (QED) is 0.265. The van der Waals surface area contributed by atoms with Crippen molar-refractivity contribution in [3.05, 3.63) is 101 Å². The molecule has 0 fully saturated rings. The van der Waals surface area contributed by atoms with Crippen LogP contribution in [-0.2, 0) is 5.44 Å². The number of nitrogens with zero attached hydrogens (tertiary/aromatic N) is 6. The van der Waals surface area contributed by atoms with E-state index in [1.165, 1.54) is 18.3 Å². The van der Waals surface area contributed by atoms with Crippen molar-refractivity contribution in [2.75, 3.05) is 17.2 Å². The van der Waals surface area contributed by atoms with Crippen LogP contribution in [0.15, 0.2) is 73.3 Å². The summed E-state index contributed by atoms with van der Waals surface area (Å²) in [5, 5.41) is 26.7. The molecular weight excluding hydrogens is 526 g/mol. The molecule has 11 heteroatoms. The summed E-state index contributed by atoms with van der Waals surface area (Å²) in [7, 11) is 1.94. The van der Waals surface area contributed by atoms with E-state index in [0.29, 0.717) is 45.1 Å². The van der Waals surface area contributed by atoms with Crippen molar-refractivity contribution in [1.82, 2.24) is 25.0 Å². The zero-order chi connectivity index (χ0) is 28.5. The molecule has 5 rings (SSSR count). The third-order valence-corrected chi connectivity index (χ3v) is 6.86. The highest BCUT2D eigenvalue weighted by Crippen LogP contribution is 2.37. The lowest BCUT2D eigenvalue weighted by Crippen LogP contribution is -2.37. The summed E-state index contributed by atoms with van der Waals surface area (Å²) >= 11 is 6.74. The first kappa shape index (κ1) is 27.1. The van der Waals surface area contributed by atoms with Gasteiger partial charge in [0, 0.05) is 30.0 Å². The van der Waals surface area contributed by atoms with E-state index in [1.54, 1.807) is 35.3 Å². The number of benzene rings is 2. The highest BCUT2D eigenvalue weighted by Gasteiger charge is 2.33. The van der Waals surface area contributed by atoms with Gasteiger partial charge >= 0.3 is 0 Å². The van der Waals surface area contributed by atoms with E-state index in [-0.39, 0.29) is 11.2 Å². The lowest BCUT2D eigenvalue weighted by Gasteiger charge is -2.31. The summed E-state index contributed by atoms with van der Waals surface area (Å²) in [6.07, 6.45) is 6.72. The van der Waals surface area contributed by atoms with Gasteiger partial charge in [0.1, 0.15) is 25.4 Å².